The van der Waals surface area contributed by atoms with E-state index in [0.29, 0.717) is 12.0 Å². The monoisotopic (exact) mass is 385 g/mol. The van der Waals surface area contributed by atoms with Crippen LogP contribution in [0.5, 0.6) is 0 Å². The SMILES string of the molecule is CCNC(=NCC1CCCN(C)C1c1cccs1)NCCc1cccnc1. The number of piperidine rings is 1. The first-order valence-corrected chi connectivity index (χ1v) is 10.8. The molecule has 0 saturated carbocycles. The van der Waals surface area contributed by atoms with Crippen LogP contribution in [0.1, 0.15) is 36.2 Å². The molecule has 0 aromatic carbocycles. The van der Waals surface area contributed by atoms with Gasteiger partial charge < -0.3 is 10.6 Å². The predicted octanol–water partition coefficient (Wildman–Crippen LogP) is 3.32. The lowest BCUT2D eigenvalue weighted by Gasteiger charge is -2.38. The molecule has 1 aliphatic rings. The Balaban J connectivity index is 1.59. The zero-order valence-corrected chi connectivity index (χ0v) is 17.2. The minimum Gasteiger partial charge on any atom is -0.357 e. The van der Waals surface area contributed by atoms with Gasteiger partial charge in [-0.15, -0.1) is 11.3 Å². The molecule has 2 N–H and O–H groups in total. The number of aromatic nitrogens is 1. The third kappa shape index (κ3) is 5.78. The van der Waals surface area contributed by atoms with Crippen LogP contribution in [0, 0.1) is 5.92 Å². The first kappa shape index (κ1) is 19.8. The van der Waals surface area contributed by atoms with Crippen molar-refractivity contribution in [3.05, 3.63) is 52.5 Å². The lowest BCUT2D eigenvalue weighted by Crippen LogP contribution is -2.40. The average Bonchev–Trinajstić information content (AvgIpc) is 3.21. The van der Waals surface area contributed by atoms with Gasteiger partial charge >= 0.3 is 0 Å². The Bertz CT molecular complexity index is 686. The fraction of sp³-hybridized carbons (Fsp3) is 0.524. The number of aliphatic imine (C=N–C) groups is 1. The maximum absolute atomic E-state index is 4.92. The van der Waals surface area contributed by atoms with Crippen LogP contribution in [0.25, 0.3) is 0 Å². The first-order valence-electron chi connectivity index (χ1n) is 9.92. The highest BCUT2D eigenvalue weighted by atomic mass is 32.1. The second-order valence-corrected chi connectivity index (χ2v) is 8.08. The van der Waals surface area contributed by atoms with Crippen LogP contribution < -0.4 is 10.6 Å². The van der Waals surface area contributed by atoms with E-state index in [1.165, 1.54) is 29.8 Å². The van der Waals surface area contributed by atoms with Crippen molar-refractivity contribution in [2.24, 2.45) is 10.9 Å². The standard InChI is InChI=1S/C21H31N5S/c1-3-23-21(24-12-10-17-7-4-11-22-15-17)25-16-18-8-5-13-26(2)20(18)19-9-6-14-27-19/h4,6-7,9,11,14-15,18,20H,3,5,8,10,12-13,16H2,1-2H3,(H2,23,24,25). The summed E-state index contributed by atoms with van der Waals surface area (Å²) in [4.78, 5) is 13.1. The highest BCUT2D eigenvalue weighted by molar-refractivity contribution is 7.10. The summed E-state index contributed by atoms with van der Waals surface area (Å²) >= 11 is 1.87. The number of pyridine rings is 1. The van der Waals surface area contributed by atoms with Crippen LogP contribution in [0.15, 0.2) is 47.0 Å². The number of likely N-dealkylation sites (tertiary alicyclic amines) is 1. The predicted molar refractivity (Wildman–Crippen MR) is 114 cm³/mol. The summed E-state index contributed by atoms with van der Waals surface area (Å²) in [6.45, 7) is 5.87. The van der Waals surface area contributed by atoms with Crippen LogP contribution >= 0.6 is 11.3 Å². The van der Waals surface area contributed by atoms with Crippen molar-refractivity contribution in [2.45, 2.75) is 32.2 Å². The third-order valence-corrected chi connectivity index (χ3v) is 6.04. The van der Waals surface area contributed by atoms with E-state index in [-0.39, 0.29) is 0 Å². The number of rotatable bonds is 7. The molecular weight excluding hydrogens is 354 g/mol. The summed E-state index contributed by atoms with van der Waals surface area (Å²) < 4.78 is 0. The molecule has 0 radical (unpaired) electrons. The Labute approximate surface area is 166 Å². The molecule has 1 aliphatic heterocycles. The molecule has 2 atom stereocenters. The number of guanidine groups is 1. The Morgan fingerprint density at radius 1 is 1.33 bits per heavy atom. The van der Waals surface area contributed by atoms with Crippen molar-refractivity contribution in [3.63, 3.8) is 0 Å². The van der Waals surface area contributed by atoms with Crippen LogP contribution in [0.2, 0.25) is 0 Å². The van der Waals surface area contributed by atoms with Gasteiger partial charge in [-0.1, -0.05) is 12.1 Å². The Morgan fingerprint density at radius 2 is 2.26 bits per heavy atom. The highest BCUT2D eigenvalue weighted by Crippen LogP contribution is 2.37. The second-order valence-electron chi connectivity index (χ2n) is 7.10. The smallest absolute Gasteiger partial charge is 0.191 e. The molecule has 3 heterocycles. The Morgan fingerprint density at radius 3 is 3.00 bits per heavy atom. The van der Waals surface area contributed by atoms with E-state index in [1.54, 1.807) is 0 Å². The van der Waals surface area contributed by atoms with Crippen molar-refractivity contribution in [1.82, 2.24) is 20.5 Å². The lowest BCUT2D eigenvalue weighted by molar-refractivity contribution is 0.128. The maximum atomic E-state index is 4.92. The molecule has 1 saturated heterocycles. The Hall–Kier alpha value is -1.92. The van der Waals surface area contributed by atoms with Gasteiger partial charge in [0.1, 0.15) is 0 Å². The molecule has 0 spiro atoms. The van der Waals surface area contributed by atoms with Crippen LogP contribution in [0.4, 0.5) is 0 Å². The molecule has 2 aromatic heterocycles. The molecule has 0 bridgehead atoms. The van der Waals surface area contributed by atoms with E-state index in [4.69, 9.17) is 4.99 Å². The van der Waals surface area contributed by atoms with E-state index in [0.717, 1.165) is 32.0 Å². The number of thiophene rings is 1. The van der Waals surface area contributed by atoms with E-state index >= 15 is 0 Å². The van der Waals surface area contributed by atoms with Gasteiger partial charge in [-0.2, -0.15) is 0 Å². The summed E-state index contributed by atoms with van der Waals surface area (Å²) in [7, 11) is 2.25. The zero-order valence-electron chi connectivity index (χ0n) is 16.4. The van der Waals surface area contributed by atoms with Crippen LogP contribution in [-0.4, -0.2) is 49.1 Å². The Kier molecular flexibility index (Phi) is 7.66. The van der Waals surface area contributed by atoms with Gasteiger partial charge in [0, 0.05) is 42.9 Å². The van der Waals surface area contributed by atoms with Gasteiger partial charge in [-0.3, -0.25) is 14.9 Å². The minimum atomic E-state index is 0.487. The van der Waals surface area contributed by atoms with Gasteiger partial charge in [0.05, 0.1) is 0 Å². The third-order valence-electron chi connectivity index (χ3n) is 5.10. The van der Waals surface area contributed by atoms with E-state index in [2.05, 4.69) is 58.1 Å². The topological polar surface area (TPSA) is 52.6 Å². The summed E-state index contributed by atoms with van der Waals surface area (Å²) in [5, 5.41) is 9.03. The fourth-order valence-corrected chi connectivity index (χ4v) is 4.76. The summed E-state index contributed by atoms with van der Waals surface area (Å²) in [6.07, 6.45) is 7.18. The minimum absolute atomic E-state index is 0.487. The molecule has 0 amide bonds. The van der Waals surface area contributed by atoms with Crippen molar-refractivity contribution in [1.29, 1.82) is 0 Å². The fourth-order valence-electron chi connectivity index (χ4n) is 3.78. The summed E-state index contributed by atoms with van der Waals surface area (Å²) in [5.74, 6) is 1.48. The lowest BCUT2D eigenvalue weighted by atomic mass is 9.88. The highest BCUT2D eigenvalue weighted by Gasteiger charge is 2.31. The van der Waals surface area contributed by atoms with Crippen molar-refractivity contribution < 1.29 is 0 Å². The second kappa shape index (κ2) is 10.4. The average molecular weight is 386 g/mol. The number of hydrogen-bond acceptors (Lipinski definition) is 4. The van der Waals surface area contributed by atoms with Crippen molar-refractivity contribution >= 4 is 17.3 Å². The van der Waals surface area contributed by atoms with Gasteiger partial charge in [-0.25, -0.2) is 0 Å². The summed E-state index contributed by atoms with van der Waals surface area (Å²) in [5.41, 5.74) is 1.24. The molecule has 0 aliphatic carbocycles. The largest absolute Gasteiger partial charge is 0.357 e. The molecule has 146 valence electrons. The molecule has 2 aromatic rings. The normalized spacial score (nSPS) is 21.2. The summed E-state index contributed by atoms with van der Waals surface area (Å²) in [6, 6.07) is 9.01. The van der Waals surface area contributed by atoms with Crippen LogP contribution in [-0.2, 0) is 6.42 Å². The van der Waals surface area contributed by atoms with Crippen LogP contribution in [0.3, 0.4) is 0 Å². The number of nitrogens with one attached hydrogen (secondary N) is 2. The molecule has 6 heteroatoms. The molecule has 2 unspecified atom stereocenters. The molecular formula is C21H31N5S. The van der Waals surface area contributed by atoms with Crippen molar-refractivity contribution in [2.75, 3.05) is 33.2 Å². The molecule has 1 fully saturated rings. The molecule has 3 rings (SSSR count). The first-order chi connectivity index (χ1) is 13.3. The molecule has 27 heavy (non-hydrogen) atoms. The van der Waals surface area contributed by atoms with Gasteiger partial charge in [0.15, 0.2) is 5.96 Å². The maximum Gasteiger partial charge on any atom is 0.191 e. The number of hydrogen-bond donors (Lipinski definition) is 2. The van der Waals surface area contributed by atoms with E-state index in [9.17, 15) is 0 Å². The van der Waals surface area contributed by atoms with Crippen molar-refractivity contribution in [3.8, 4) is 0 Å². The quantitative estimate of drug-likeness (QED) is 0.567. The van der Waals surface area contributed by atoms with Gasteiger partial charge in [0.25, 0.3) is 0 Å². The number of nitrogens with zero attached hydrogens (tertiary/aromatic N) is 3. The van der Waals surface area contributed by atoms with Gasteiger partial charge in [0.2, 0.25) is 0 Å². The van der Waals surface area contributed by atoms with Gasteiger partial charge in [-0.05, 0) is 68.8 Å². The van der Waals surface area contributed by atoms with E-state index < -0.39 is 0 Å². The zero-order chi connectivity index (χ0) is 18.9. The molecule has 5 nitrogen and oxygen atoms in total. The van der Waals surface area contributed by atoms with E-state index in [1.807, 2.05) is 29.8 Å².